The van der Waals surface area contributed by atoms with Crippen LogP contribution in [0.3, 0.4) is 0 Å². The molecule has 0 spiro atoms. The van der Waals surface area contributed by atoms with Crippen LogP contribution in [0.5, 0.6) is 0 Å². The number of ether oxygens (including phenoxy) is 2. The van der Waals surface area contributed by atoms with Crippen LogP contribution in [0, 0.1) is 11.8 Å². The van der Waals surface area contributed by atoms with E-state index in [4.69, 9.17) is 19.7 Å². The molecule has 0 aliphatic rings. The number of hydrogen-bond acceptors (Lipinski definition) is 7. The highest BCUT2D eigenvalue weighted by atomic mass is 16.6. The van der Waals surface area contributed by atoms with Crippen molar-refractivity contribution >= 4 is 23.8 Å². The molecule has 0 aliphatic heterocycles. The van der Waals surface area contributed by atoms with Gasteiger partial charge in [0.2, 0.25) is 5.91 Å². The number of carboxylic acid groups (broad SMARTS) is 1. The van der Waals surface area contributed by atoms with Crippen molar-refractivity contribution in [1.82, 2.24) is 5.32 Å². The summed E-state index contributed by atoms with van der Waals surface area (Å²) in [6.45, 7) is 19.2. The van der Waals surface area contributed by atoms with E-state index in [0.717, 1.165) is 0 Å². The molecular weight excluding hydrogens is 442 g/mol. The zero-order valence-electron chi connectivity index (χ0n) is 21.7. The smallest absolute Gasteiger partial charge is 0.307 e. The molecule has 0 rings (SSSR count). The molecule has 0 saturated heterocycles. The molecule has 0 heterocycles. The third-order valence-corrected chi connectivity index (χ3v) is 3.95. The number of carbonyl (C=O) groups excluding carboxylic acids is 3. The summed E-state index contributed by atoms with van der Waals surface area (Å²) >= 11 is 0. The van der Waals surface area contributed by atoms with Crippen LogP contribution in [0.1, 0.15) is 74.1 Å². The molecule has 196 valence electrons. The fourth-order valence-corrected chi connectivity index (χ4v) is 2.53. The average molecular weight is 486 g/mol. The van der Waals surface area contributed by atoms with Crippen LogP contribution in [0.15, 0.2) is 25.3 Å². The number of rotatable bonds is 12. The van der Waals surface area contributed by atoms with Crippen molar-refractivity contribution in [2.75, 3.05) is 6.61 Å². The van der Waals surface area contributed by atoms with Crippen molar-refractivity contribution in [3.63, 3.8) is 0 Å². The number of esters is 2. The van der Waals surface area contributed by atoms with Gasteiger partial charge in [0.25, 0.3) is 0 Å². The molecule has 9 heteroatoms. The van der Waals surface area contributed by atoms with Gasteiger partial charge < -0.3 is 25.0 Å². The van der Waals surface area contributed by atoms with Gasteiger partial charge in [0.15, 0.2) is 0 Å². The normalized spacial score (nSPS) is 13.8. The zero-order chi connectivity index (χ0) is 27.1. The van der Waals surface area contributed by atoms with Gasteiger partial charge in [0.05, 0.1) is 31.3 Å². The zero-order valence-corrected chi connectivity index (χ0v) is 21.7. The van der Waals surface area contributed by atoms with Crippen molar-refractivity contribution in [3.05, 3.63) is 25.3 Å². The summed E-state index contributed by atoms with van der Waals surface area (Å²) in [5.74, 6) is -3.42. The molecule has 0 aromatic carbocycles. The molecule has 9 nitrogen and oxygen atoms in total. The van der Waals surface area contributed by atoms with Gasteiger partial charge in [0, 0.05) is 6.04 Å². The molecule has 34 heavy (non-hydrogen) atoms. The van der Waals surface area contributed by atoms with Crippen molar-refractivity contribution in [1.29, 1.82) is 0 Å². The summed E-state index contributed by atoms with van der Waals surface area (Å²) in [6, 6.07) is -0.335. The second-order valence-corrected chi connectivity index (χ2v) is 9.95. The van der Waals surface area contributed by atoms with Crippen LogP contribution in [0.4, 0.5) is 0 Å². The molecule has 0 saturated carbocycles. The second-order valence-electron chi connectivity index (χ2n) is 9.95. The lowest BCUT2D eigenvalue weighted by Crippen LogP contribution is -2.40. The van der Waals surface area contributed by atoms with Crippen LogP contribution in [0.25, 0.3) is 0 Å². The van der Waals surface area contributed by atoms with Gasteiger partial charge >= 0.3 is 17.9 Å². The largest absolute Gasteiger partial charge is 0.481 e. The van der Waals surface area contributed by atoms with Crippen LogP contribution >= 0.6 is 0 Å². The Labute approximate surface area is 203 Å². The van der Waals surface area contributed by atoms with Crippen LogP contribution in [-0.4, -0.2) is 57.9 Å². The number of nitrogens with one attached hydrogen (secondary N) is 1. The first-order chi connectivity index (χ1) is 15.4. The molecule has 3 N–H and O–H groups in total. The van der Waals surface area contributed by atoms with Gasteiger partial charge in [-0.25, -0.2) is 0 Å². The molecular formula is C25H43NO8. The maximum Gasteiger partial charge on any atom is 0.307 e. The number of carboxylic acids is 1. The molecule has 0 bridgehead atoms. The Morgan fingerprint density at radius 3 is 1.56 bits per heavy atom. The van der Waals surface area contributed by atoms with Crippen LogP contribution < -0.4 is 5.32 Å². The number of carbonyl (C=O) groups is 4. The molecule has 1 amide bonds. The van der Waals surface area contributed by atoms with E-state index in [2.05, 4.69) is 18.5 Å². The van der Waals surface area contributed by atoms with E-state index < -0.39 is 40.9 Å². The van der Waals surface area contributed by atoms with Gasteiger partial charge in [-0.3, -0.25) is 19.2 Å². The predicted octanol–water partition coefficient (Wildman–Crippen LogP) is 3.40. The molecule has 0 unspecified atom stereocenters. The summed E-state index contributed by atoms with van der Waals surface area (Å²) in [5, 5.41) is 20.3. The highest BCUT2D eigenvalue weighted by molar-refractivity contribution is 5.84. The molecule has 0 fully saturated rings. The standard InChI is InChI=1S/C14H25NO4.C11H18O4/c1-6-7-11(13(18)15-10(2)9-16)8-12(17)19-14(3,4)5;1-5-6-8(10(13)14)7-9(12)15-11(2,3)4/h6,10-11,16H,1,7-9H2,2-5H3,(H,15,18);5,8H,1,6-7H2,2-4H3,(H,13,14)/t10-,11+;8-/m01/s1. The Balaban J connectivity index is 0. The summed E-state index contributed by atoms with van der Waals surface area (Å²) in [4.78, 5) is 45.7. The van der Waals surface area contributed by atoms with E-state index in [9.17, 15) is 19.2 Å². The van der Waals surface area contributed by atoms with Gasteiger partial charge in [-0.2, -0.15) is 0 Å². The number of amides is 1. The molecule has 0 aliphatic carbocycles. The second kappa shape index (κ2) is 16.0. The summed E-state index contributed by atoms with van der Waals surface area (Å²) < 4.78 is 10.2. The maximum atomic E-state index is 11.9. The number of hydrogen-bond donors (Lipinski definition) is 3. The van der Waals surface area contributed by atoms with Crippen LogP contribution in [-0.2, 0) is 28.7 Å². The number of allylic oxidation sites excluding steroid dienone is 2. The monoisotopic (exact) mass is 485 g/mol. The highest BCUT2D eigenvalue weighted by Gasteiger charge is 2.25. The van der Waals surface area contributed by atoms with Gasteiger partial charge in [-0.15, -0.1) is 13.2 Å². The van der Waals surface area contributed by atoms with E-state index in [1.165, 1.54) is 6.08 Å². The van der Waals surface area contributed by atoms with Crippen molar-refractivity contribution < 1.29 is 38.9 Å². The Bertz CT molecular complexity index is 688. The van der Waals surface area contributed by atoms with E-state index >= 15 is 0 Å². The quantitative estimate of drug-likeness (QED) is 0.282. The molecule has 0 aromatic rings. The first-order valence-corrected chi connectivity index (χ1v) is 11.2. The Kier molecular flexibility index (Phi) is 15.8. The first kappa shape index (κ1) is 33.5. The highest BCUT2D eigenvalue weighted by Crippen LogP contribution is 2.16. The van der Waals surface area contributed by atoms with Gasteiger partial charge in [-0.1, -0.05) is 12.2 Å². The van der Waals surface area contributed by atoms with E-state index in [1.54, 1.807) is 54.5 Å². The lowest BCUT2D eigenvalue weighted by molar-refractivity contribution is -0.159. The summed E-state index contributed by atoms with van der Waals surface area (Å²) in [5.41, 5.74) is -1.14. The predicted molar refractivity (Wildman–Crippen MR) is 130 cm³/mol. The number of aliphatic hydroxyl groups is 1. The first-order valence-electron chi connectivity index (χ1n) is 11.2. The van der Waals surface area contributed by atoms with Crippen LogP contribution in [0.2, 0.25) is 0 Å². The maximum absolute atomic E-state index is 11.9. The summed E-state index contributed by atoms with van der Waals surface area (Å²) in [6.07, 6.45) is 3.64. The lowest BCUT2D eigenvalue weighted by atomic mass is 10.00. The molecule has 0 aromatic heterocycles. The van der Waals surface area contributed by atoms with Crippen molar-refractivity contribution in [3.8, 4) is 0 Å². The van der Waals surface area contributed by atoms with E-state index in [1.807, 2.05) is 0 Å². The van der Waals surface area contributed by atoms with Gasteiger partial charge in [0.1, 0.15) is 11.2 Å². The number of aliphatic carboxylic acids is 1. The van der Waals surface area contributed by atoms with Crippen molar-refractivity contribution in [2.45, 2.75) is 91.4 Å². The topological polar surface area (TPSA) is 139 Å². The minimum Gasteiger partial charge on any atom is -0.481 e. The Hall–Kier alpha value is -2.68. The summed E-state index contributed by atoms with van der Waals surface area (Å²) in [7, 11) is 0. The Morgan fingerprint density at radius 1 is 0.853 bits per heavy atom. The lowest BCUT2D eigenvalue weighted by Gasteiger charge is -2.22. The average Bonchev–Trinajstić information content (AvgIpc) is 2.64. The minimum atomic E-state index is -0.999. The fourth-order valence-electron chi connectivity index (χ4n) is 2.53. The third-order valence-electron chi connectivity index (χ3n) is 3.95. The SMILES string of the molecule is C=CC[C@H](CC(=O)OC(C)(C)C)C(=O)N[C@@H](C)CO.C=CC[C@H](CC(=O)OC(C)(C)C)C(=O)O. The third kappa shape index (κ3) is 18.8. The number of aliphatic hydroxyl groups excluding tert-OH is 1. The van der Waals surface area contributed by atoms with Gasteiger partial charge in [-0.05, 0) is 61.3 Å². The molecule has 0 radical (unpaired) electrons. The molecule has 3 atom stereocenters. The Morgan fingerprint density at radius 2 is 1.24 bits per heavy atom. The van der Waals surface area contributed by atoms with E-state index in [-0.39, 0.29) is 37.8 Å². The minimum absolute atomic E-state index is 0.00721. The van der Waals surface area contributed by atoms with E-state index in [0.29, 0.717) is 6.42 Å². The van der Waals surface area contributed by atoms with Crippen molar-refractivity contribution in [2.24, 2.45) is 11.8 Å². The fraction of sp³-hybridized carbons (Fsp3) is 0.680.